The fraction of sp³-hybridized carbons (Fsp3) is 0.571. The van der Waals surface area contributed by atoms with Gasteiger partial charge >= 0.3 is 0 Å². The quantitative estimate of drug-likeness (QED) is 0.797. The Bertz CT molecular complexity index is 572. The average Bonchev–Trinajstić information content (AvgIpc) is 2.48. The van der Waals surface area contributed by atoms with E-state index in [4.69, 9.17) is 4.74 Å². The molecule has 1 aliphatic rings. The fourth-order valence-corrected chi connectivity index (χ4v) is 4.12. The number of benzene rings is 1. The summed E-state index contributed by atoms with van der Waals surface area (Å²) in [5, 5.41) is 3.28. The van der Waals surface area contributed by atoms with Crippen molar-refractivity contribution >= 4 is 26.0 Å². The Hall–Kier alpha value is -0.630. The standard InChI is InChI=1S/C14H21BrN2O3S/c1-2-20-14-6-5-12(8-13(14)15)21(18,19)17-10-11-4-3-7-16-9-11/h5-6,8,11,16-17H,2-4,7,9-10H2,1H3. The second-order valence-corrected chi connectivity index (χ2v) is 7.71. The van der Waals surface area contributed by atoms with Crippen molar-refractivity contribution in [2.75, 3.05) is 26.2 Å². The van der Waals surface area contributed by atoms with Crippen LogP contribution >= 0.6 is 15.9 Å². The number of piperidine rings is 1. The van der Waals surface area contributed by atoms with Gasteiger partial charge in [0.2, 0.25) is 10.0 Å². The predicted octanol–water partition coefficient (Wildman–Crippen LogP) is 2.13. The zero-order valence-corrected chi connectivity index (χ0v) is 14.5. The molecule has 5 nitrogen and oxygen atoms in total. The van der Waals surface area contributed by atoms with Crippen molar-refractivity contribution in [2.45, 2.75) is 24.7 Å². The first-order chi connectivity index (χ1) is 10.0. The fourth-order valence-electron chi connectivity index (χ4n) is 2.33. The summed E-state index contributed by atoms with van der Waals surface area (Å²) in [6.07, 6.45) is 2.16. The van der Waals surface area contributed by atoms with Gasteiger partial charge in [-0.05, 0) is 72.9 Å². The van der Waals surface area contributed by atoms with Gasteiger partial charge in [-0.2, -0.15) is 0 Å². The Morgan fingerprint density at radius 3 is 2.90 bits per heavy atom. The smallest absolute Gasteiger partial charge is 0.240 e. The van der Waals surface area contributed by atoms with Crippen LogP contribution in [0.15, 0.2) is 27.6 Å². The summed E-state index contributed by atoms with van der Waals surface area (Å²) in [6, 6.07) is 4.81. The molecule has 0 aromatic heterocycles. The summed E-state index contributed by atoms with van der Waals surface area (Å²) in [6.45, 7) is 4.79. The van der Waals surface area contributed by atoms with E-state index in [0.717, 1.165) is 25.9 Å². The topological polar surface area (TPSA) is 67.4 Å². The highest BCUT2D eigenvalue weighted by Crippen LogP contribution is 2.27. The first-order valence-corrected chi connectivity index (χ1v) is 9.43. The van der Waals surface area contributed by atoms with Gasteiger partial charge in [-0.25, -0.2) is 13.1 Å². The maximum atomic E-state index is 12.3. The molecule has 0 saturated carbocycles. The maximum absolute atomic E-state index is 12.3. The molecule has 118 valence electrons. The van der Waals surface area contributed by atoms with E-state index in [0.29, 0.717) is 29.3 Å². The third-order valence-corrected chi connectivity index (χ3v) is 5.52. The van der Waals surface area contributed by atoms with Gasteiger partial charge in [-0.15, -0.1) is 0 Å². The van der Waals surface area contributed by atoms with Gasteiger partial charge in [0.1, 0.15) is 5.75 Å². The molecule has 0 amide bonds. The van der Waals surface area contributed by atoms with Crippen LogP contribution in [0.5, 0.6) is 5.75 Å². The van der Waals surface area contributed by atoms with E-state index in [1.165, 1.54) is 0 Å². The molecular weight excluding hydrogens is 356 g/mol. The van der Waals surface area contributed by atoms with Crippen LogP contribution in [0.4, 0.5) is 0 Å². The Balaban J connectivity index is 2.03. The van der Waals surface area contributed by atoms with Gasteiger partial charge in [0.05, 0.1) is 16.0 Å². The molecule has 1 aromatic carbocycles. The molecule has 2 N–H and O–H groups in total. The highest BCUT2D eigenvalue weighted by atomic mass is 79.9. The van der Waals surface area contributed by atoms with Crippen molar-refractivity contribution in [3.8, 4) is 5.75 Å². The van der Waals surface area contributed by atoms with E-state index in [9.17, 15) is 8.42 Å². The second kappa shape index (κ2) is 7.58. The normalized spacial score (nSPS) is 19.4. The molecule has 2 rings (SSSR count). The zero-order chi connectivity index (χ0) is 15.3. The van der Waals surface area contributed by atoms with Crippen molar-refractivity contribution in [3.05, 3.63) is 22.7 Å². The van der Waals surface area contributed by atoms with Gasteiger partial charge < -0.3 is 10.1 Å². The number of sulfonamides is 1. The van der Waals surface area contributed by atoms with Crippen LogP contribution in [-0.2, 0) is 10.0 Å². The van der Waals surface area contributed by atoms with Gasteiger partial charge in [-0.1, -0.05) is 0 Å². The van der Waals surface area contributed by atoms with Crippen LogP contribution in [0, 0.1) is 5.92 Å². The van der Waals surface area contributed by atoms with Crippen LogP contribution < -0.4 is 14.8 Å². The molecule has 0 aliphatic carbocycles. The minimum Gasteiger partial charge on any atom is -0.493 e. The summed E-state index contributed by atoms with van der Waals surface area (Å²) in [7, 11) is -3.48. The molecule has 1 aromatic rings. The number of hydrogen-bond acceptors (Lipinski definition) is 4. The first-order valence-electron chi connectivity index (χ1n) is 7.15. The molecule has 1 atom stereocenters. The lowest BCUT2D eigenvalue weighted by atomic mass is 10.0. The van der Waals surface area contributed by atoms with Gasteiger partial charge in [-0.3, -0.25) is 0 Å². The minimum atomic E-state index is -3.48. The number of ether oxygens (including phenoxy) is 1. The van der Waals surface area contributed by atoms with Crippen LogP contribution in [0.1, 0.15) is 19.8 Å². The van der Waals surface area contributed by atoms with Crippen molar-refractivity contribution < 1.29 is 13.2 Å². The number of halogens is 1. The minimum absolute atomic E-state index is 0.251. The SMILES string of the molecule is CCOc1ccc(S(=O)(=O)NCC2CCCNC2)cc1Br. The maximum Gasteiger partial charge on any atom is 0.240 e. The molecule has 0 bridgehead atoms. The highest BCUT2D eigenvalue weighted by Gasteiger charge is 2.19. The highest BCUT2D eigenvalue weighted by molar-refractivity contribution is 9.10. The molecule has 0 spiro atoms. The van der Waals surface area contributed by atoms with Crippen molar-refractivity contribution in [1.82, 2.24) is 10.0 Å². The van der Waals surface area contributed by atoms with Gasteiger partial charge in [0.25, 0.3) is 0 Å². The van der Waals surface area contributed by atoms with Crippen LogP contribution in [0.2, 0.25) is 0 Å². The van der Waals surface area contributed by atoms with E-state index in [-0.39, 0.29) is 4.90 Å². The Morgan fingerprint density at radius 2 is 2.29 bits per heavy atom. The summed E-state index contributed by atoms with van der Waals surface area (Å²) in [5.41, 5.74) is 0. The molecule has 1 fully saturated rings. The van der Waals surface area contributed by atoms with Crippen molar-refractivity contribution in [2.24, 2.45) is 5.92 Å². The monoisotopic (exact) mass is 376 g/mol. The summed E-state index contributed by atoms with van der Waals surface area (Å²) >= 11 is 3.34. The number of rotatable bonds is 6. The van der Waals surface area contributed by atoms with Crippen LogP contribution in [-0.4, -0.2) is 34.7 Å². The van der Waals surface area contributed by atoms with E-state index in [2.05, 4.69) is 26.0 Å². The van der Waals surface area contributed by atoms with E-state index in [1.54, 1.807) is 18.2 Å². The molecule has 1 aliphatic heterocycles. The van der Waals surface area contributed by atoms with Gasteiger partial charge in [0.15, 0.2) is 0 Å². The van der Waals surface area contributed by atoms with E-state index in [1.807, 2.05) is 6.92 Å². The van der Waals surface area contributed by atoms with Crippen molar-refractivity contribution in [3.63, 3.8) is 0 Å². The molecular formula is C14H21BrN2O3S. The van der Waals surface area contributed by atoms with Gasteiger partial charge in [0, 0.05) is 6.54 Å². The predicted molar refractivity (Wildman–Crippen MR) is 86.1 cm³/mol. The van der Waals surface area contributed by atoms with Crippen LogP contribution in [0.25, 0.3) is 0 Å². The molecule has 0 radical (unpaired) electrons. The Morgan fingerprint density at radius 1 is 1.48 bits per heavy atom. The molecule has 21 heavy (non-hydrogen) atoms. The number of nitrogens with one attached hydrogen (secondary N) is 2. The lowest BCUT2D eigenvalue weighted by Gasteiger charge is -2.22. The van der Waals surface area contributed by atoms with E-state index >= 15 is 0 Å². The van der Waals surface area contributed by atoms with Crippen molar-refractivity contribution in [1.29, 1.82) is 0 Å². The molecule has 1 unspecified atom stereocenters. The lowest BCUT2D eigenvalue weighted by Crippen LogP contribution is -2.38. The summed E-state index contributed by atoms with van der Waals surface area (Å²) in [4.78, 5) is 0.251. The van der Waals surface area contributed by atoms with Crippen LogP contribution in [0.3, 0.4) is 0 Å². The largest absolute Gasteiger partial charge is 0.493 e. The molecule has 1 heterocycles. The second-order valence-electron chi connectivity index (χ2n) is 5.09. The zero-order valence-electron chi connectivity index (χ0n) is 12.1. The summed E-state index contributed by atoms with van der Waals surface area (Å²) < 4.78 is 33.3. The lowest BCUT2D eigenvalue weighted by molar-refractivity contribution is 0.338. The van der Waals surface area contributed by atoms with E-state index < -0.39 is 10.0 Å². The molecule has 7 heteroatoms. The Labute approximate surface area is 134 Å². The number of hydrogen-bond donors (Lipinski definition) is 2. The third kappa shape index (κ3) is 4.67. The Kier molecular flexibility index (Phi) is 6.04. The first kappa shape index (κ1) is 16.7. The molecule has 1 saturated heterocycles. The third-order valence-electron chi connectivity index (χ3n) is 3.47. The summed E-state index contributed by atoms with van der Waals surface area (Å²) in [5.74, 6) is 1.01. The average molecular weight is 377 g/mol.